The maximum absolute atomic E-state index is 12.2. The SMILES string of the molecule is CCCc1c(OCCCSc2ccc(C(=O)CCC(=O)NS(C)(=O)=O)cc2)ccc(C(C)=O)c1O. The second kappa shape index (κ2) is 13.3. The Morgan fingerprint density at radius 2 is 1.74 bits per heavy atom. The zero-order chi connectivity index (χ0) is 26.0. The van der Waals surface area contributed by atoms with Crippen LogP contribution < -0.4 is 9.46 Å². The first-order valence-corrected chi connectivity index (χ1v) is 14.1. The summed E-state index contributed by atoms with van der Waals surface area (Å²) in [6.45, 7) is 3.87. The van der Waals surface area contributed by atoms with Crippen molar-refractivity contribution < 1.29 is 32.6 Å². The highest BCUT2D eigenvalue weighted by molar-refractivity contribution is 7.99. The quantitative estimate of drug-likeness (QED) is 0.216. The molecule has 0 radical (unpaired) electrons. The summed E-state index contributed by atoms with van der Waals surface area (Å²) >= 11 is 1.61. The van der Waals surface area contributed by atoms with Gasteiger partial charge in [0.1, 0.15) is 11.5 Å². The molecule has 0 saturated heterocycles. The molecule has 0 aliphatic carbocycles. The van der Waals surface area contributed by atoms with Crippen molar-refractivity contribution in [2.75, 3.05) is 18.6 Å². The molecule has 0 aliphatic rings. The molecule has 2 aromatic carbocycles. The Morgan fingerprint density at radius 3 is 2.34 bits per heavy atom. The van der Waals surface area contributed by atoms with Crippen LogP contribution in [0.4, 0.5) is 0 Å². The molecular formula is C25H31NO7S2. The van der Waals surface area contributed by atoms with Crippen LogP contribution in [0.15, 0.2) is 41.3 Å². The van der Waals surface area contributed by atoms with Crippen molar-refractivity contribution in [3.8, 4) is 11.5 Å². The van der Waals surface area contributed by atoms with Crippen LogP contribution in [0.1, 0.15) is 65.8 Å². The molecule has 35 heavy (non-hydrogen) atoms. The highest BCUT2D eigenvalue weighted by Crippen LogP contribution is 2.33. The van der Waals surface area contributed by atoms with Crippen LogP contribution in [0.25, 0.3) is 0 Å². The van der Waals surface area contributed by atoms with Crippen molar-refractivity contribution in [1.82, 2.24) is 4.72 Å². The third-order valence-corrected chi connectivity index (χ3v) is 6.69. The smallest absolute Gasteiger partial charge is 0.233 e. The molecule has 0 atom stereocenters. The first kappa shape index (κ1) is 28.4. The summed E-state index contributed by atoms with van der Waals surface area (Å²) in [5, 5.41) is 10.4. The molecule has 2 rings (SSSR count). The standard InChI is InChI=1S/C25H31NO7S2/c1-4-6-21-23(13-11-20(17(2)27)25(21)30)33-15-5-16-34-19-9-7-18(8-10-19)22(28)12-14-24(29)26-35(3,31)32/h7-11,13,30H,4-6,12,14-16H2,1-3H3,(H,26,29). The Labute approximate surface area is 210 Å². The van der Waals surface area contributed by atoms with Gasteiger partial charge < -0.3 is 9.84 Å². The third kappa shape index (κ3) is 9.37. The number of phenolic OH excluding ortho intramolecular Hbond substituents is 1. The van der Waals surface area contributed by atoms with E-state index in [9.17, 15) is 27.9 Å². The van der Waals surface area contributed by atoms with Crippen molar-refractivity contribution in [3.63, 3.8) is 0 Å². The van der Waals surface area contributed by atoms with Crippen LogP contribution in [0, 0.1) is 0 Å². The molecule has 0 fully saturated rings. The Bertz CT molecular complexity index is 1160. The fraction of sp³-hybridized carbons (Fsp3) is 0.400. The predicted octanol–water partition coefficient (Wildman–Crippen LogP) is 4.15. The molecule has 1 amide bonds. The van der Waals surface area contributed by atoms with E-state index in [1.807, 2.05) is 23.8 Å². The van der Waals surface area contributed by atoms with Crippen LogP contribution in [0.3, 0.4) is 0 Å². The van der Waals surface area contributed by atoms with Gasteiger partial charge in [0.25, 0.3) is 0 Å². The minimum atomic E-state index is -3.63. The van der Waals surface area contributed by atoms with E-state index in [2.05, 4.69) is 0 Å². The topological polar surface area (TPSA) is 127 Å². The Morgan fingerprint density at radius 1 is 1.06 bits per heavy atom. The number of phenols is 1. The lowest BCUT2D eigenvalue weighted by atomic mass is 10.0. The van der Waals surface area contributed by atoms with Gasteiger partial charge in [-0.1, -0.05) is 25.5 Å². The molecule has 0 unspecified atom stereocenters. The van der Waals surface area contributed by atoms with E-state index in [1.165, 1.54) is 6.92 Å². The van der Waals surface area contributed by atoms with Gasteiger partial charge in [-0.05, 0) is 44.0 Å². The lowest BCUT2D eigenvalue weighted by Gasteiger charge is -2.14. The lowest BCUT2D eigenvalue weighted by Crippen LogP contribution is -2.29. The molecule has 0 bridgehead atoms. The van der Waals surface area contributed by atoms with Crippen LogP contribution in [-0.4, -0.2) is 49.6 Å². The summed E-state index contributed by atoms with van der Waals surface area (Å²) < 4.78 is 29.8. The fourth-order valence-electron chi connectivity index (χ4n) is 3.33. The van der Waals surface area contributed by atoms with Crippen molar-refractivity contribution >= 4 is 39.3 Å². The van der Waals surface area contributed by atoms with Crippen LogP contribution in [0.5, 0.6) is 11.5 Å². The van der Waals surface area contributed by atoms with Gasteiger partial charge in [0.15, 0.2) is 11.6 Å². The number of ether oxygens (including phenoxy) is 1. The van der Waals surface area contributed by atoms with Gasteiger partial charge in [-0.2, -0.15) is 0 Å². The number of carbonyl (C=O) groups excluding carboxylic acids is 3. The molecule has 190 valence electrons. The third-order valence-electron chi connectivity index (χ3n) is 4.99. The number of sulfonamides is 1. The molecule has 0 aromatic heterocycles. The molecule has 0 spiro atoms. The number of amides is 1. The molecule has 8 nitrogen and oxygen atoms in total. The van der Waals surface area contributed by atoms with E-state index in [0.717, 1.165) is 29.7 Å². The predicted molar refractivity (Wildman–Crippen MR) is 136 cm³/mol. The summed E-state index contributed by atoms with van der Waals surface area (Å²) in [4.78, 5) is 36.4. The van der Waals surface area contributed by atoms with Gasteiger partial charge in [-0.3, -0.25) is 19.1 Å². The molecule has 0 saturated carbocycles. The fourth-order valence-corrected chi connectivity index (χ4v) is 4.67. The zero-order valence-electron chi connectivity index (χ0n) is 20.1. The number of ketones is 2. The van der Waals surface area contributed by atoms with Gasteiger partial charge in [0, 0.05) is 34.6 Å². The monoisotopic (exact) mass is 521 g/mol. The number of thioether (sulfide) groups is 1. The van der Waals surface area contributed by atoms with E-state index in [4.69, 9.17) is 4.74 Å². The van der Waals surface area contributed by atoms with Gasteiger partial charge in [-0.25, -0.2) is 8.42 Å². The van der Waals surface area contributed by atoms with E-state index < -0.39 is 15.9 Å². The second-order valence-corrected chi connectivity index (χ2v) is 11.0. The number of rotatable bonds is 14. The first-order chi connectivity index (χ1) is 16.5. The van der Waals surface area contributed by atoms with Crippen molar-refractivity contribution in [2.45, 2.75) is 50.8 Å². The normalized spacial score (nSPS) is 11.2. The van der Waals surface area contributed by atoms with Crippen molar-refractivity contribution in [1.29, 1.82) is 0 Å². The summed E-state index contributed by atoms with van der Waals surface area (Å²) in [5.74, 6) is 0.236. The Balaban J connectivity index is 1.80. The molecule has 2 aromatic rings. The largest absolute Gasteiger partial charge is 0.507 e. The summed E-state index contributed by atoms with van der Waals surface area (Å²) in [7, 11) is -3.63. The molecule has 0 heterocycles. The molecular weight excluding hydrogens is 490 g/mol. The van der Waals surface area contributed by atoms with Gasteiger partial charge in [0.2, 0.25) is 15.9 Å². The summed E-state index contributed by atoms with van der Waals surface area (Å²) in [6, 6.07) is 10.3. The van der Waals surface area contributed by atoms with Gasteiger partial charge in [-0.15, -0.1) is 11.8 Å². The Kier molecular flexibility index (Phi) is 10.8. The maximum Gasteiger partial charge on any atom is 0.233 e. The average molecular weight is 522 g/mol. The number of carbonyl (C=O) groups is 3. The van der Waals surface area contributed by atoms with E-state index >= 15 is 0 Å². The highest BCUT2D eigenvalue weighted by atomic mass is 32.2. The van der Waals surface area contributed by atoms with Crippen molar-refractivity contribution in [2.24, 2.45) is 0 Å². The first-order valence-electron chi connectivity index (χ1n) is 11.3. The number of Topliss-reactive ketones (excluding diaryl/α,β-unsaturated/α-hetero) is 2. The van der Waals surface area contributed by atoms with Crippen LogP contribution >= 0.6 is 11.8 Å². The minimum absolute atomic E-state index is 0.00288. The zero-order valence-corrected chi connectivity index (χ0v) is 21.8. The average Bonchev–Trinajstić information content (AvgIpc) is 2.78. The summed E-state index contributed by atoms with van der Waals surface area (Å²) in [6.07, 6.45) is 2.79. The molecule has 10 heteroatoms. The lowest BCUT2D eigenvalue weighted by molar-refractivity contribution is -0.119. The van der Waals surface area contributed by atoms with E-state index in [-0.39, 0.29) is 30.2 Å². The van der Waals surface area contributed by atoms with Gasteiger partial charge >= 0.3 is 0 Å². The van der Waals surface area contributed by atoms with Crippen LogP contribution in [-0.2, 0) is 21.2 Å². The number of aromatic hydroxyl groups is 1. The number of hydrogen-bond donors (Lipinski definition) is 2. The Hall–Kier alpha value is -2.85. The maximum atomic E-state index is 12.2. The minimum Gasteiger partial charge on any atom is -0.507 e. The van der Waals surface area contributed by atoms with Crippen molar-refractivity contribution in [3.05, 3.63) is 53.1 Å². The van der Waals surface area contributed by atoms with E-state index in [1.54, 1.807) is 36.0 Å². The highest BCUT2D eigenvalue weighted by Gasteiger charge is 2.16. The number of hydrogen-bond acceptors (Lipinski definition) is 8. The second-order valence-electron chi connectivity index (χ2n) is 8.04. The summed E-state index contributed by atoms with van der Waals surface area (Å²) in [5.41, 5.74) is 1.42. The molecule has 2 N–H and O–H groups in total. The van der Waals surface area contributed by atoms with Crippen LogP contribution in [0.2, 0.25) is 0 Å². The van der Waals surface area contributed by atoms with Gasteiger partial charge in [0.05, 0.1) is 18.4 Å². The number of nitrogens with one attached hydrogen (secondary N) is 1. The number of benzene rings is 2. The van der Waals surface area contributed by atoms with E-state index in [0.29, 0.717) is 35.5 Å². The molecule has 0 aliphatic heterocycles.